The van der Waals surface area contributed by atoms with Gasteiger partial charge in [0.05, 0.1) is 37.6 Å². The molecule has 0 aromatic rings. The first-order valence-corrected chi connectivity index (χ1v) is 17.4. The zero-order chi connectivity index (χ0) is 36.7. The minimum atomic E-state index is -1.09. The van der Waals surface area contributed by atoms with Crippen LogP contribution >= 0.6 is 0 Å². The van der Waals surface area contributed by atoms with Crippen LogP contribution in [0.1, 0.15) is 81.6 Å². The first-order chi connectivity index (χ1) is 22.5. The standard InChI is InChI=1S/C40H64O8/c1-12-15-33(41)26(5)18-19-34(42)30(9)40(46)29(8)32-23-35(43)37(48-11)22-25(4)21-28(7)39(45)31(13-2)38(44)27(6)20-24(3)16-14-17-36(32)47-10/h12,14-19,21-22,26-33,36,38-41,44-46H,13,20,23H2,1-11H3. The quantitative estimate of drug-likeness (QED) is 0.148. The van der Waals surface area contributed by atoms with Crippen LogP contribution in [0.25, 0.3) is 0 Å². The van der Waals surface area contributed by atoms with E-state index in [9.17, 15) is 30.0 Å². The normalized spacial score (nSPS) is 30.4. The predicted octanol–water partition coefficient (Wildman–Crippen LogP) is 6.31. The van der Waals surface area contributed by atoms with Crippen molar-refractivity contribution < 1.29 is 39.5 Å². The molecule has 4 N–H and O–H groups in total. The number of aliphatic hydroxyl groups excluding tert-OH is 4. The molecular formula is C40H64O8. The monoisotopic (exact) mass is 672 g/mol. The van der Waals surface area contributed by atoms with Gasteiger partial charge < -0.3 is 29.9 Å². The molecule has 1 aliphatic carbocycles. The Balaban J connectivity index is 3.59. The molecule has 1 aliphatic rings. The van der Waals surface area contributed by atoms with Crippen molar-refractivity contribution in [2.45, 2.75) is 112 Å². The van der Waals surface area contributed by atoms with E-state index in [0.29, 0.717) is 12.8 Å². The van der Waals surface area contributed by atoms with E-state index in [1.54, 1.807) is 38.3 Å². The van der Waals surface area contributed by atoms with Crippen molar-refractivity contribution in [2.75, 3.05) is 14.2 Å². The summed E-state index contributed by atoms with van der Waals surface area (Å²) in [5.74, 6) is -3.25. The van der Waals surface area contributed by atoms with Crippen LogP contribution in [0.2, 0.25) is 0 Å². The first-order valence-electron chi connectivity index (χ1n) is 17.4. The van der Waals surface area contributed by atoms with Gasteiger partial charge in [0, 0.05) is 43.1 Å². The van der Waals surface area contributed by atoms with Crippen LogP contribution in [-0.4, -0.2) is 76.7 Å². The maximum Gasteiger partial charge on any atom is 0.197 e. The number of hydrogen-bond donors (Lipinski definition) is 4. The summed E-state index contributed by atoms with van der Waals surface area (Å²) in [4.78, 5) is 26.9. The molecule has 12 atom stereocenters. The summed E-state index contributed by atoms with van der Waals surface area (Å²) in [6, 6.07) is 0. The van der Waals surface area contributed by atoms with Gasteiger partial charge in [-0.05, 0) is 57.6 Å². The third-order valence-corrected chi connectivity index (χ3v) is 9.96. The number of methoxy groups -OCH3 is 2. The highest BCUT2D eigenvalue weighted by Crippen LogP contribution is 2.32. The van der Waals surface area contributed by atoms with Crippen LogP contribution in [0.4, 0.5) is 0 Å². The van der Waals surface area contributed by atoms with Gasteiger partial charge in [0.15, 0.2) is 17.3 Å². The fourth-order valence-corrected chi connectivity index (χ4v) is 6.62. The van der Waals surface area contributed by atoms with Gasteiger partial charge >= 0.3 is 0 Å². The molecule has 0 spiro atoms. The number of Topliss-reactive ketones (excluding diaryl/α,β-unsaturated/α-hetero) is 1. The maximum absolute atomic E-state index is 13.8. The van der Waals surface area contributed by atoms with E-state index < -0.39 is 48.3 Å². The van der Waals surface area contributed by atoms with Crippen LogP contribution in [0, 0.1) is 41.4 Å². The average Bonchev–Trinajstić information content (AvgIpc) is 3.05. The molecule has 1 rings (SSSR count). The number of aliphatic hydroxyl groups is 4. The number of carbonyl (C=O) groups is 2. The average molecular weight is 673 g/mol. The van der Waals surface area contributed by atoms with Crippen LogP contribution in [0.15, 0.2) is 71.6 Å². The number of rotatable bonds is 11. The fraction of sp³-hybridized carbons (Fsp3) is 0.650. The molecule has 0 aliphatic heterocycles. The summed E-state index contributed by atoms with van der Waals surface area (Å²) < 4.78 is 11.4. The second-order valence-corrected chi connectivity index (χ2v) is 13.9. The SMILES string of the molecule is CC=CC(O)C(C)C=CC(=O)C(C)C(O)C(C)C1CC(=O)C(OC)=CC(C)=CC(C)C(O)C(CC)C(O)C(C)CC(C)=CC=CC1OC. The Bertz CT molecular complexity index is 1190. The molecule has 8 heteroatoms. The van der Waals surface area contributed by atoms with E-state index in [1.165, 1.54) is 13.2 Å². The van der Waals surface area contributed by atoms with E-state index in [1.807, 2.05) is 79.7 Å². The number of carbonyl (C=O) groups excluding carboxylic acids is 2. The molecular weight excluding hydrogens is 608 g/mol. The summed E-state index contributed by atoms with van der Waals surface area (Å²) in [5.41, 5.74) is 1.77. The van der Waals surface area contributed by atoms with Crippen LogP contribution < -0.4 is 0 Å². The summed E-state index contributed by atoms with van der Waals surface area (Å²) in [6.07, 6.45) is 13.0. The lowest BCUT2D eigenvalue weighted by molar-refractivity contribution is -0.124. The van der Waals surface area contributed by atoms with Gasteiger partial charge in [-0.3, -0.25) is 9.59 Å². The lowest BCUT2D eigenvalue weighted by atomic mass is 9.76. The van der Waals surface area contributed by atoms with Gasteiger partial charge in [-0.25, -0.2) is 0 Å². The van der Waals surface area contributed by atoms with Gasteiger partial charge in [0.1, 0.15) is 0 Å². The van der Waals surface area contributed by atoms with E-state index in [4.69, 9.17) is 9.47 Å². The molecule has 0 radical (unpaired) electrons. The molecule has 12 unspecified atom stereocenters. The Morgan fingerprint density at radius 2 is 1.69 bits per heavy atom. The maximum atomic E-state index is 13.8. The molecule has 0 saturated heterocycles. The molecule has 272 valence electrons. The topological polar surface area (TPSA) is 134 Å². The van der Waals surface area contributed by atoms with Crippen molar-refractivity contribution in [1.29, 1.82) is 0 Å². The Hall–Kier alpha value is -2.62. The fourth-order valence-electron chi connectivity index (χ4n) is 6.62. The van der Waals surface area contributed by atoms with Gasteiger partial charge in [-0.1, -0.05) is 95.2 Å². The molecule has 0 saturated carbocycles. The van der Waals surface area contributed by atoms with Gasteiger partial charge in [0.25, 0.3) is 0 Å². The Morgan fingerprint density at radius 3 is 2.25 bits per heavy atom. The molecule has 0 aromatic carbocycles. The zero-order valence-electron chi connectivity index (χ0n) is 31.2. The summed E-state index contributed by atoms with van der Waals surface area (Å²) in [5, 5.41) is 44.2. The lowest BCUT2D eigenvalue weighted by Gasteiger charge is -2.34. The second kappa shape index (κ2) is 21.5. The summed E-state index contributed by atoms with van der Waals surface area (Å²) >= 11 is 0. The van der Waals surface area contributed by atoms with E-state index in [0.717, 1.165) is 11.1 Å². The molecule has 0 fully saturated rings. The molecule has 8 nitrogen and oxygen atoms in total. The number of ether oxygens (including phenoxy) is 2. The Labute approximate surface area is 290 Å². The Kier molecular flexibility index (Phi) is 19.4. The van der Waals surface area contributed by atoms with Crippen molar-refractivity contribution in [3.8, 4) is 0 Å². The van der Waals surface area contributed by atoms with Crippen LogP contribution in [0.3, 0.4) is 0 Å². The molecule has 0 aromatic heterocycles. The van der Waals surface area contributed by atoms with Crippen molar-refractivity contribution in [3.63, 3.8) is 0 Å². The molecule has 0 amide bonds. The second-order valence-electron chi connectivity index (χ2n) is 13.9. The number of allylic oxidation sites excluding steroid dienone is 8. The molecule has 48 heavy (non-hydrogen) atoms. The highest BCUT2D eigenvalue weighted by atomic mass is 16.5. The minimum Gasteiger partial charge on any atom is -0.493 e. The first kappa shape index (κ1) is 43.4. The van der Waals surface area contributed by atoms with Crippen molar-refractivity contribution in [2.24, 2.45) is 41.4 Å². The van der Waals surface area contributed by atoms with E-state index >= 15 is 0 Å². The van der Waals surface area contributed by atoms with E-state index in [2.05, 4.69) is 0 Å². The Morgan fingerprint density at radius 1 is 1.04 bits per heavy atom. The van der Waals surface area contributed by atoms with Gasteiger partial charge in [0.2, 0.25) is 0 Å². The van der Waals surface area contributed by atoms with Gasteiger partial charge in [-0.2, -0.15) is 0 Å². The zero-order valence-corrected chi connectivity index (χ0v) is 31.2. The van der Waals surface area contributed by atoms with Crippen LogP contribution in [0.5, 0.6) is 0 Å². The third-order valence-electron chi connectivity index (χ3n) is 9.96. The molecule has 0 bridgehead atoms. The predicted molar refractivity (Wildman–Crippen MR) is 193 cm³/mol. The highest BCUT2D eigenvalue weighted by molar-refractivity contribution is 5.94. The third kappa shape index (κ3) is 13.0. The summed E-state index contributed by atoms with van der Waals surface area (Å²) in [6.45, 7) is 16.8. The van der Waals surface area contributed by atoms with Crippen molar-refractivity contribution >= 4 is 11.6 Å². The molecule has 0 heterocycles. The largest absolute Gasteiger partial charge is 0.493 e. The van der Waals surface area contributed by atoms with Gasteiger partial charge in [-0.15, -0.1) is 0 Å². The van der Waals surface area contributed by atoms with E-state index in [-0.39, 0.29) is 47.4 Å². The number of ketones is 2. The van der Waals surface area contributed by atoms with Crippen molar-refractivity contribution in [1.82, 2.24) is 0 Å². The smallest absolute Gasteiger partial charge is 0.197 e. The van der Waals surface area contributed by atoms with Crippen LogP contribution in [-0.2, 0) is 19.1 Å². The van der Waals surface area contributed by atoms with Crippen molar-refractivity contribution in [3.05, 3.63) is 71.6 Å². The number of hydrogen-bond acceptors (Lipinski definition) is 8. The summed E-state index contributed by atoms with van der Waals surface area (Å²) in [7, 11) is 2.99. The lowest BCUT2D eigenvalue weighted by Crippen LogP contribution is -2.40. The highest BCUT2D eigenvalue weighted by Gasteiger charge is 2.37. The minimum absolute atomic E-state index is 0.0145.